The highest BCUT2D eigenvalue weighted by atomic mass is 32.2. The van der Waals surface area contributed by atoms with Gasteiger partial charge in [-0.25, -0.2) is 12.8 Å². The quantitative estimate of drug-likeness (QED) is 0.343. The molecule has 0 radical (unpaired) electrons. The van der Waals surface area contributed by atoms with E-state index in [0.29, 0.717) is 24.8 Å². The molecule has 1 fully saturated rings. The second kappa shape index (κ2) is 16.9. The van der Waals surface area contributed by atoms with E-state index in [1.165, 1.54) is 50.3 Å². The van der Waals surface area contributed by atoms with E-state index in [2.05, 4.69) is 23.6 Å². The van der Waals surface area contributed by atoms with Crippen LogP contribution >= 0.6 is 0 Å². The van der Waals surface area contributed by atoms with E-state index >= 15 is 0 Å². The number of hydrogen-bond donors (Lipinski definition) is 2. The first-order valence-corrected chi connectivity index (χ1v) is 18.3. The van der Waals surface area contributed by atoms with Crippen LogP contribution < -0.4 is 9.46 Å². The molecule has 1 amide bonds. The zero-order valence-corrected chi connectivity index (χ0v) is 28.6. The zero-order valence-electron chi connectivity index (χ0n) is 27.8. The van der Waals surface area contributed by atoms with Gasteiger partial charge in [-0.2, -0.15) is 0 Å². The van der Waals surface area contributed by atoms with Crippen molar-refractivity contribution in [2.45, 2.75) is 95.3 Å². The molecule has 1 aliphatic heterocycles. The van der Waals surface area contributed by atoms with Crippen LogP contribution in [0.2, 0.25) is 0 Å². The fraction of sp³-hybridized carbons (Fsp3) is 0.629. The molecule has 2 aromatic carbocycles. The predicted octanol–water partition coefficient (Wildman–Crippen LogP) is 5.93. The number of rotatable bonds is 9. The van der Waals surface area contributed by atoms with E-state index in [9.17, 15) is 22.7 Å². The van der Waals surface area contributed by atoms with E-state index in [1.807, 2.05) is 6.92 Å². The molecule has 256 valence electrons. The molecule has 11 heteroatoms. The van der Waals surface area contributed by atoms with Gasteiger partial charge in [0.25, 0.3) is 15.9 Å². The van der Waals surface area contributed by atoms with Crippen LogP contribution in [-0.2, 0) is 14.8 Å². The van der Waals surface area contributed by atoms with Gasteiger partial charge in [0.1, 0.15) is 11.6 Å². The molecule has 9 nitrogen and oxygen atoms in total. The number of aliphatic hydroxyl groups is 1. The van der Waals surface area contributed by atoms with E-state index < -0.39 is 21.9 Å². The van der Waals surface area contributed by atoms with E-state index in [0.717, 1.165) is 44.5 Å². The molecular formula is C35H52FN3O6S. The maximum absolute atomic E-state index is 14.3. The van der Waals surface area contributed by atoms with Crippen molar-refractivity contribution >= 4 is 21.6 Å². The normalized spacial score (nSPS) is 23.3. The Hall–Kier alpha value is -2.73. The highest BCUT2D eigenvalue weighted by Crippen LogP contribution is 2.30. The van der Waals surface area contributed by atoms with Crippen LogP contribution in [0.4, 0.5) is 10.1 Å². The van der Waals surface area contributed by atoms with Crippen LogP contribution in [-0.4, -0.2) is 87.4 Å². The lowest BCUT2D eigenvalue weighted by Gasteiger charge is -2.36. The number of anilines is 1. The first kappa shape index (κ1) is 36.1. The molecule has 0 unspecified atom stereocenters. The summed E-state index contributed by atoms with van der Waals surface area (Å²) >= 11 is 0. The van der Waals surface area contributed by atoms with Gasteiger partial charge < -0.3 is 24.4 Å². The van der Waals surface area contributed by atoms with Gasteiger partial charge in [-0.05, 0) is 101 Å². The standard InChI is InChI=1S/C35H52FN3O6S/c1-25-21-39(26(2)24-40)35(41)32-20-30(37-46(42,43)31-16-13-29(36)14-17-31)15-18-33(32)45-27(3)10-8-9-19-44-34(25)23-38(4)22-28-11-6-5-7-12-28/h13-18,20,25-28,34,37,40H,5-12,19,21-24H2,1-4H3/t25-,26+,27+,34-/m1/s1. The molecule has 1 heterocycles. The van der Waals surface area contributed by atoms with Crippen molar-refractivity contribution < 1.29 is 32.2 Å². The number of nitrogens with zero attached hydrogens (tertiary/aromatic N) is 2. The SMILES string of the molecule is C[C@@H]1CN([C@@H](C)CO)C(=O)c2cc(NS(=O)(=O)c3ccc(F)cc3)ccc2O[C@@H](C)CCCCO[C@@H]1CN(C)CC1CCCCC1. The maximum Gasteiger partial charge on any atom is 0.261 e. The topological polar surface area (TPSA) is 108 Å². The number of nitrogens with one attached hydrogen (secondary N) is 1. The fourth-order valence-corrected chi connectivity index (χ4v) is 7.52. The lowest BCUT2D eigenvalue weighted by atomic mass is 9.89. The molecule has 2 N–H and O–H groups in total. The van der Waals surface area contributed by atoms with Crippen molar-refractivity contribution in [3.63, 3.8) is 0 Å². The summed E-state index contributed by atoms with van der Waals surface area (Å²) in [6.07, 6.45) is 8.68. The Labute approximate surface area is 274 Å². The number of carbonyl (C=O) groups excluding carboxylic acids is 1. The van der Waals surface area contributed by atoms with Crippen LogP contribution in [0, 0.1) is 17.7 Å². The summed E-state index contributed by atoms with van der Waals surface area (Å²) in [5.74, 6) is 0.0933. The molecule has 1 aliphatic carbocycles. The number of aliphatic hydroxyl groups excluding tert-OH is 1. The summed E-state index contributed by atoms with van der Waals surface area (Å²) < 4.78 is 54.9. The van der Waals surface area contributed by atoms with Crippen molar-refractivity contribution in [1.82, 2.24) is 9.80 Å². The minimum Gasteiger partial charge on any atom is -0.490 e. The van der Waals surface area contributed by atoms with Gasteiger partial charge in [0.2, 0.25) is 0 Å². The average Bonchev–Trinajstić information content (AvgIpc) is 3.03. The molecule has 0 bridgehead atoms. The van der Waals surface area contributed by atoms with Crippen molar-refractivity contribution in [2.24, 2.45) is 11.8 Å². The number of halogens is 1. The Bertz CT molecular complexity index is 1370. The van der Waals surface area contributed by atoms with Crippen LogP contribution in [0.15, 0.2) is 47.4 Å². The molecule has 1 saturated carbocycles. The highest BCUT2D eigenvalue weighted by Gasteiger charge is 2.31. The third-order valence-electron chi connectivity index (χ3n) is 9.21. The molecule has 46 heavy (non-hydrogen) atoms. The minimum atomic E-state index is -4.05. The lowest BCUT2D eigenvalue weighted by Crippen LogP contribution is -2.47. The summed E-state index contributed by atoms with van der Waals surface area (Å²) in [7, 11) is -1.90. The summed E-state index contributed by atoms with van der Waals surface area (Å²) in [4.78, 5) is 18.2. The number of benzene rings is 2. The smallest absolute Gasteiger partial charge is 0.261 e. The summed E-state index contributed by atoms with van der Waals surface area (Å²) in [6, 6.07) is 8.66. The molecule has 4 atom stereocenters. The molecule has 2 aliphatic rings. The largest absolute Gasteiger partial charge is 0.490 e. The van der Waals surface area contributed by atoms with Crippen molar-refractivity contribution in [1.29, 1.82) is 0 Å². The van der Waals surface area contributed by atoms with E-state index in [1.54, 1.807) is 24.0 Å². The van der Waals surface area contributed by atoms with Gasteiger partial charge in [0.05, 0.1) is 35.3 Å². The third-order valence-corrected chi connectivity index (χ3v) is 10.6. The first-order valence-electron chi connectivity index (χ1n) is 16.8. The van der Waals surface area contributed by atoms with Gasteiger partial charge in [-0.1, -0.05) is 26.2 Å². The fourth-order valence-electron chi connectivity index (χ4n) is 6.47. The second-order valence-corrected chi connectivity index (χ2v) is 15.0. The van der Waals surface area contributed by atoms with Crippen LogP contribution in [0.5, 0.6) is 5.75 Å². The zero-order chi connectivity index (χ0) is 33.3. The number of sulfonamides is 1. The number of carbonyl (C=O) groups is 1. The van der Waals surface area contributed by atoms with Crippen LogP contribution in [0.1, 0.15) is 82.5 Å². The predicted molar refractivity (Wildman–Crippen MR) is 178 cm³/mol. The Morgan fingerprint density at radius 1 is 1.02 bits per heavy atom. The van der Waals surface area contributed by atoms with Crippen molar-refractivity contribution in [3.05, 3.63) is 53.8 Å². The first-order chi connectivity index (χ1) is 22.0. The molecule has 0 saturated heterocycles. The maximum atomic E-state index is 14.3. The highest BCUT2D eigenvalue weighted by molar-refractivity contribution is 7.92. The number of likely N-dealkylation sites (N-methyl/N-ethyl adjacent to an activating group) is 1. The van der Waals surface area contributed by atoms with Crippen LogP contribution in [0.3, 0.4) is 0 Å². The van der Waals surface area contributed by atoms with E-state index in [4.69, 9.17) is 9.47 Å². The summed E-state index contributed by atoms with van der Waals surface area (Å²) in [6.45, 7) is 8.32. The van der Waals surface area contributed by atoms with Gasteiger partial charge in [-0.3, -0.25) is 9.52 Å². The average molecular weight is 662 g/mol. The number of ether oxygens (including phenoxy) is 2. The van der Waals surface area contributed by atoms with Crippen molar-refractivity contribution in [3.8, 4) is 5.75 Å². The van der Waals surface area contributed by atoms with Crippen molar-refractivity contribution in [2.75, 3.05) is 44.6 Å². The molecule has 2 aromatic rings. The van der Waals surface area contributed by atoms with Gasteiger partial charge in [0, 0.05) is 37.8 Å². The summed E-state index contributed by atoms with van der Waals surface area (Å²) in [5, 5.41) is 10.2. The Morgan fingerprint density at radius 2 is 1.72 bits per heavy atom. The Balaban J connectivity index is 1.62. The Kier molecular flexibility index (Phi) is 13.3. The third kappa shape index (κ3) is 10.1. The lowest BCUT2D eigenvalue weighted by molar-refractivity contribution is -0.0190. The Morgan fingerprint density at radius 3 is 2.41 bits per heavy atom. The number of fused-ring (bicyclic) bond motifs is 1. The number of hydrogen-bond acceptors (Lipinski definition) is 7. The molecule has 4 rings (SSSR count). The summed E-state index contributed by atoms with van der Waals surface area (Å²) in [5.41, 5.74) is 0.367. The minimum absolute atomic E-state index is 0.0434. The van der Waals surface area contributed by atoms with Gasteiger partial charge >= 0.3 is 0 Å². The van der Waals surface area contributed by atoms with Gasteiger partial charge in [0.15, 0.2) is 0 Å². The molecular weight excluding hydrogens is 609 g/mol. The van der Waals surface area contributed by atoms with Gasteiger partial charge in [-0.15, -0.1) is 0 Å². The van der Waals surface area contributed by atoms with E-state index in [-0.39, 0.29) is 46.8 Å². The monoisotopic (exact) mass is 661 g/mol. The molecule has 0 aromatic heterocycles. The number of amides is 1. The molecule has 0 spiro atoms. The van der Waals surface area contributed by atoms with Crippen LogP contribution in [0.25, 0.3) is 0 Å². The second-order valence-electron chi connectivity index (χ2n) is 13.3.